The van der Waals surface area contributed by atoms with Gasteiger partial charge in [-0.2, -0.15) is 0 Å². The van der Waals surface area contributed by atoms with Crippen LogP contribution in [0.3, 0.4) is 0 Å². The van der Waals surface area contributed by atoms with Gasteiger partial charge in [0.2, 0.25) is 11.8 Å². The lowest BCUT2D eigenvalue weighted by molar-refractivity contribution is -0.131. The Morgan fingerprint density at radius 3 is 2.62 bits per heavy atom. The summed E-state index contributed by atoms with van der Waals surface area (Å²) in [5, 5.41) is 2.83. The Balaban J connectivity index is 2.51. The minimum absolute atomic E-state index is 0.0641. The van der Waals surface area contributed by atoms with E-state index in [1.165, 1.54) is 0 Å². The van der Waals surface area contributed by atoms with Gasteiger partial charge in [0, 0.05) is 31.5 Å². The number of carbonyl (C=O) groups excluding carboxylic acids is 2. The lowest BCUT2D eigenvalue weighted by Crippen LogP contribution is -2.44. The first kappa shape index (κ1) is 13.0. The van der Waals surface area contributed by atoms with Crippen LogP contribution in [0.5, 0.6) is 0 Å². The molecule has 1 aliphatic heterocycles. The van der Waals surface area contributed by atoms with Crippen LogP contribution in [0.15, 0.2) is 0 Å². The second-order valence-corrected chi connectivity index (χ2v) is 5.18. The van der Waals surface area contributed by atoms with Gasteiger partial charge < -0.3 is 16.0 Å². The molecule has 1 fully saturated rings. The fourth-order valence-electron chi connectivity index (χ4n) is 1.88. The minimum Gasteiger partial charge on any atom is -0.351 e. The highest BCUT2D eigenvalue weighted by Crippen LogP contribution is 2.21. The van der Waals surface area contributed by atoms with E-state index in [1.54, 1.807) is 4.90 Å². The number of hydrogen-bond acceptors (Lipinski definition) is 3. The van der Waals surface area contributed by atoms with Crippen molar-refractivity contribution in [2.24, 2.45) is 5.73 Å². The summed E-state index contributed by atoms with van der Waals surface area (Å²) in [5.41, 5.74) is 5.11. The molecule has 1 aliphatic rings. The fraction of sp³-hybridized carbons (Fsp3) is 0.818. The van der Waals surface area contributed by atoms with E-state index in [2.05, 4.69) is 5.32 Å². The first-order valence-electron chi connectivity index (χ1n) is 5.64. The molecule has 5 heteroatoms. The summed E-state index contributed by atoms with van der Waals surface area (Å²) >= 11 is 0. The van der Waals surface area contributed by atoms with Crippen LogP contribution in [-0.2, 0) is 9.59 Å². The molecule has 1 saturated heterocycles. The molecule has 0 spiro atoms. The smallest absolute Gasteiger partial charge is 0.225 e. The van der Waals surface area contributed by atoms with Gasteiger partial charge in [0.05, 0.1) is 6.04 Å². The van der Waals surface area contributed by atoms with Crippen LogP contribution in [0, 0.1) is 0 Å². The average molecular weight is 227 g/mol. The number of nitrogens with one attached hydrogen (secondary N) is 1. The van der Waals surface area contributed by atoms with E-state index < -0.39 is 0 Å². The zero-order valence-electron chi connectivity index (χ0n) is 10.2. The van der Waals surface area contributed by atoms with E-state index in [1.807, 2.05) is 20.8 Å². The lowest BCUT2D eigenvalue weighted by Gasteiger charge is -2.32. The van der Waals surface area contributed by atoms with Crippen molar-refractivity contribution in [1.29, 1.82) is 0 Å². The number of nitrogens with two attached hydrogens (primary N) is 1. The average Bonchev–Trinajstić information content (AvgIpc) is 2.46. The van der Waals surface area contributed by atoms with E-state index >= 15 is 0 Å². The van der Waals surface area contributed by atoms with E-state index in [0.717, 1.165) is 0 Å². The molecule has 5 nitrogen and oxygen atoms in total. The van der Waals surface area contributed by atoms with Crippen molar-refractivity contribution in [3.8, 4) is 0 Å². The monoisotopic (exact) mass is 227 g/mol. The second-order valence-electron chi connectivity index (χ2n) is 5.18. The molecule has 1 atom stereocenters. The van der Waals surface area contributed by atoms with Crippen LogP contribution >= 0.6 is 0 Å². The highest BCUT2D eigenvalue weighted by molar-refractivity contribution is 5.82. The molecule has 1 unspecified atom stereocenters. The Morgan fingerprint density at radius 2 is 2.19 bits per heavy atom. The van der Waals surface area contributed by atoms with Crippen molar-refractivity contribution in [3.63, 3.8) is 0 Å². The van der Waals surface area contributed by atoms with Crippen molar-refractivity contribution >= 4 is 11.8 Å². The quantitative estimate of drug-likeness (QED) is 0.704. The molecule has 92 valence electrons. The van der Waals surface area contributed by atoms with Crippen LogP contribution in [0.4, 0.5) is 0 Å². The van der Waals surface area contributed by atoms with Gasteiger partial charge >= 0.3 is 0 Å². The van der Waals surface area contributed by atoms with E-state index in [4.69, 9.17) is 5.73 Å². The maximum Gasteiger partial charge on any atom is 0.225 e. The molecular formula is C11H21N3O2. The van der Waals surface area contributed by atoms with Crippen LogP contribution in [0.25, 0.3) is 0 Å². The third-order valence-corrected chi connectivity index (χ3v) is 2.67. The third-order valence-electron chi connectivity index (χ3n) is 2.67. The van der Waals surface area contributed by atoms with E-state index in [0.29, 0.717) is 25.9 Å². The third kappa shape index (κ3) is 3.20. The predicted octanol–water partition coefficient (Wildman–Crippen LogP) is -0.149. The molecule has 0 aromatic carbocycles. The van der Waals surface area contributed by atoms with Crippen molar-refractivity contribution < 1.29 is 9.59 Å². The maximum atomic E-state index is 11.7. The predicted molar refractivity (Wildman–Crippen MR) is 61.7 cm³/mol. The molecular weight excluding hydrogens is 206 g/mol. The van der Waals surface area contributed by atoms with Gasteiger partial charge in [-0.05, 0) is 20.8 Å². The molecule has 1 heterocycles. The maximum absolute atomic E-state index is 11.7. The first-order chi connectivity index (χ1) is 7.34. The SMILES string of the molecule is CC(C)(C)N1CC(NC(=O)CCN)CC1=O. The molecule has 0 aromatic rings. The Bertz CT molecular complexity index is 283. The number of rotatable bonds is 3. The van der Waals surface area contributed by atoms with Gasteiger partial charge in [-0.3, -0.25) is 9.59 Å². The molecule has 1 rings (SSSR count). The van der Waals surface area contributed by atoms with E-state index in [-0.39, 0.29) is 23.4 Å². The first-order valence-corrected chi connectivity index (χ1v) is 5.64. The fourth-order valence-corrected chi connectivity index (χ4v) is 1.88. The number of hydrogen-bond donors (Lipinski definition) is 2. The zero-order valence-corrected chi connectivity index (χ0v) is 10.2. The Morgan fingerprint density at radius 1 is 1.56 bits per heavy atom. The standard InChI is InChI=1S/C11H21N3O2/c1-11(2,3)14-7-8(6-10(14)16)13-9(15)4-5-12/h8H,4-7,12H2,1-3H3,(H,13,15). The summed E-state index contributed by atoms with van der Waals surface area (Å²) in [6, 6.07) is -0.0641. The topological polar surface area (TPSA) is 75.4 Å². The summed E-state index contributed by atoms with van der Waals surface area (Å²) in [6.07, 6.45) is 0.716. The van der Waals surface area contributed by atoms with Crippen LogP contribution in [-0.4, -0.2) is 41.4 Å². The number of likely N-dealkylation sites (tertiary alicyclic amines) is 1. The molecule has 0 bridgehead atoms. The lowest BCUT2D eigenvalue weighted by atomic mass is 10.1. The molecule has 3 N–H and O–H groups in total. The number of nitrogens with zero attached hydrogens (tertiary/aromatic N) is 1. The van der Waals surface area contributed by atoms with Crippen molar-refractivity contribution in [1.82, 2.24) is 10.2 Å². The molecule has 2 amide bonds. The molecule has 16 heavy (non-hydrogen) atoms. The van der Waals surface area contributed by atoms with Crippen molar-refractivity contribution in [2.45, 2.75) is 45.2 Å². The second kappa shape index (κ2) is 4.82. The summed E-state index contributed by atoms with van der Waals surface area (Å²) in [6.45, 7) is 6.92. The number of carbonyl (C=O) groups is 2. The normalized spacial score (nSPS) is 21.4. The Labute approximate surface area is 96.4 Å². The van der Waals surface area contributed by atoms with Gasteiger partial charge in [-0.1, -0.05) is 0 Å². The van der Waals surface area contributed by atoms with Gasteiger partial charge in [-0.25, -0.2) is 0 Å². The summed E-state index contributed by atoms with van der Waals surface area (Å²) in [7, 11) is 0. The van der Waals surface area contributed by atoms with Crippen LogP contribution < -0.4 is 11.1 Å². The van der Waals surface area contributed by atoms with Crippen molar-refractivity contribution in [2.75, 3.05) is 13.1 Å². The Hall–Kier alpha value is -1.10. The molecule has 0 radical (unpaired) electrons. The Kier molecular flexibility index (Phi) is 3.91. The van der Waals surface area contributed by atoms with Gasteiger partial charge in [-0.15, -0.1) is 0 Å². The zero-order chi connectivity index (χ0) is 12.3. The van der Waals surface area contributed by atoms with Crippen LogP contribution in [0.2, 0.25) is 0 Å². The summed E-state index contributed by atoms with van der Waals surface area (Å²) < 4.78 is 0. The molecule has 0 aliphatic carbocycles. The number of amides is 2. The summed E-state index contributed by atoms with van der Waals surface area (Å²) in [5.74, 6) is 0.0293. The molecule has 0 aromatic heterocycles. The van der Waals surface area contributed by atoms with Crippen molar-refractivity contribution in [3.05, 3.63) is 0 Å². The van der Waals surface area contributed by atoms with Gasteiger partial charge in [0.15, 0.2) is 0 Å². The summed E-state index contributed by atoms with van der Waals surface area (Å²) in [4.78, 5) is 24.9. The minimum atomic E-state index is -0.176. The highest BCUT2D eigenvalue weighted by atomic mass is 16.2. The molecule has 0 saturated carbocycles. The van der Waals surface area contributed by atoms with Gasteiger partial charge in [0.1, 0.15) is 0 Å². The van der Waals surface area contributed by atoms with E-state index in [9.17, 15) is 9.59 Å². The largest absolute Gasteiger partial charge is 0.351 e. The highest BCUT2D eigenvalue weighted by Gasteiger charge is 2.36. The van der Waals surface area contributed by atoms with Gasteiger partial charge in [0.25, 0.3) is 0 Å². The van der Waals surface area contributed by atoms with Crippen LogP contribution in [0.1, 0.15) is 33.6 Å².